The number of piperidine rings is 1. The van der Waals surface area contributed by atoms with Gasteiger partial charge in [0.1, 0.15) is 0 Å². The Morgan fingerprint density at radius 2 is 1.76 bits per heavy atom. The molecule has 1 aliphatic heterocycles. The molecule has 0 unspecified atom stereocenters. The Balaban J connectivity index is 1.88. The fraction of sp³-hybridized carbons (Fsp3) is 0.579. The molecule has 6 heteroatoms. The van der Waals surface area contributed by atoms with Gasteiger partial charge in [0.05, 0.1) is 11.4 Å². The number of amides is 2. The van der Waals surface area contributed by atoms with E-state index in [4.69, 9.17) is 11.5 Å². The lowest BCUT2D eigenvalue weighted by molar-refractivity contribution is -0.122. The molecule has 0 radical (unpaired) electrons. The molecule has 1 fully saturated rings. The molecule has 5 N–H and O–H groups in total. The summed E-state index contributed by atoms with van der Waals surface area (Å²) in [6.07, 6.45) is 6.08. The smallest absolute Gasteiger partial charge is 0.224 e. The zero-order valence-electron chi connectivity index (χ0n) is 14.9. The van der Waals surface area contributed by atoms with E-state index in [1.807, 2.05) is 24.3 Å². The van der Waals surface area contributed by atoms with Crippen molar-refractivity contribution in [2.45, 2.75) is 44.9 Å². The number of hydrogen-bond acceptors (Lipinski definition) is 4. The van der Waals surface area contributed by atoms with Crippen LogP contribution in [0.15, 0.2) is 24.3 Å². The highest BCUT2D eigenvalue weighted by atomic mass is 16.2. The van der Waals surface area contributed by atoms with Crippen molar-refractivity contribution >= 4 is 23.2 Å². The molecule has 0 aromatic heterocycles. The zero-order valence-corrected chi connectivity index (χ0v) is 14.9. The highest BCUT2D eigenvalue weighted by molar-refractivity contribution is 5.94. The normalized spacial score (nSPS) is 15.2. The summed E-state index contributed by atoms with van der Waals surface area (Å²) in [4.78, 5) is 25.7. The predicted octanol–water partition coefficient (Wildman–Crippen LogP) is 2.24. The Labute approximate surface area is 149 Å². The summed E-state index contributed by atoms with van der Waals surface area (Å²) in [5.74, 6) is -0.199. The van der Waals surface area contributed by atoms with Crippen molar-refractivity contribution in [3.8, 4) is 0 Å². The van der Waals surface area contributed by atoms with E-state index in [2.05, 4.69) is 10.2 Å². The molecule has 1 saturated heterocycles. The lowest BCUT2D eigenvalue weighted by Crippen LogP contribution is -2.38. The van der Waals surface area contributed by atoms with Crippen LogP contribution in [0.25, 0.3) is 0 Å². The minimum atomic E-state index is -0.212. The van der Waals surface area contributed by atoms with Gasteiger partial charge < -0.3 is 21.7 Å². The van der Waals surface area contributed by atoms with E-state index in [1.165, 1.54) is 0 Å². The second kappa shape index (κ2) is 10.0. The Morgan fingerprint density at radius 3 is 2.44 bits per heavy atom. The van der Waals surface area contributed by atoms with Gasteiger partial charge >= 0.3 is 0 Å². The van der Waals surface area contributed by atoms with Gasteiger partial charge in [-0.1, -0.05) is 25.0 Å². The van der Waals surface area contributed by atoms with Crippen LogP contribution in [0.3, 0.4) is 0 Å². The summed E-state index contributed by atoms with van der Waals surface area (Å²) in [5, 5.41) is 3.04. The molecule has 0 saturated carbocycles. The largest absolute Gasteiger partial charge is 0.370 e. The SMILES string of the molecule is NCCCCCCC(=O)Nc1ccccc1N1CCC(C(N)=O)CC1. The minimum Gasteiger partial charge on any atom is -0.370 e. The van der Waals surface area contributed by atoms with Gasteiger partial charge in [0, 0.05) is 25.4 Å². The maximum Gasteiger partial charge on any atom is 0.224 e. The fourth-order valence-corrected chi connectivity index (χ4v) is 3.26. The van der Waals surface area contributed by atoms with E-state index in [-0.39, 0.29) is 17.7 Å². The number of hydrogen-bond donors (Lipinski definition) is 3. The van der Waals surface area contributed by atoms with Crippen LogP contribution in [-0.4, -0.2) is 31.4 Å². The van der Waals surface area contributed by atoms with Crippen LogP contribution in [0.5, 0.6) is 0 Å². The molecule has 0 bridgehead atoms. The average Bonchev–Trinajstić information content (AvgIpc) is 2.62. The summed E-state index contributed by atoms with van der Waals surface area (Å²) in [7, 11) is 0. The standard InChI is InChI=1S/C19H30N4O2/c20-12-6-2-1-3-9-18(24)22-16-7-4-5-8-17(16)23-13-10-15(11-14-23)19(21)25/h4-5,7-8,15H,1-3,6,9-14,20H2,(H2,21,25)(H,22,24). The number of nitrogens with zero attached hydrogens (tertiary/aromatic N) is 1. The van der Waals surface area contributed by atoms with Crippen molar-refractivity contribution in [2.75, 3.05) is 29.9 Å². The Kier molecular flexibility index (Phi) is 7.73. The van der Waals surface area contributed by atoms with Crippen LogP contribution in [0, 0.1) is 5.92 Å². The van der Waals surface area contributed by atoms with Crippen molar-refractivity contribution < 1.29 is 9.59 Å². The molecule has 1 aliphatic rings. The number of benzene rings is 1. The Hall–Kier alpha value is -2.08. The lowest BCUT2D eigenvalue weighted by Gasteiger charge is -2.33. The first-order valence-corrected chi connectivity index (χ1v) is 9.25. The van der Waals surface area contributed by atoms with E-state index in [0.717, 1.165) is 63.0 Å². The summed E-state index contributed by atoms with van der Waals surface area (Å²) in [6, 6.07) is 7.85. The van der Waals surface area contributed by atoms with E-state index in [0.29, 0.717) is 13.0 Å². The lowest BCUT2D eigenvalue weighted by atomic mass is 9.96. The third kappa shape index (κ3) is 6.05. The molecular formula is C19H30N4O2. The number of unbranched alkanes of at least 4 members (excludes halogenated alkanes) is 3. The molecule has 0 spiro atoms. The van der Waals surface area contributed by atoms with E-state index in [9.17, 15) is 9.59 Å². The Morgan fingerprint density at radius 1 is 1.08 bits per heavy atom. The third-order valence-electron chi connectivity index (χ3n) is 4.77. The van der Waals surface area contributed by atoms with Crippen molar-refractivity contribution in [3.63, 3.8) is 0 Å². The number of nitrogens with two attached hydrogens (primary N) is 2. The molecule has 1 aromatic carbocycles. The summed E-state index contributed by atoms with van der Waals surface area (Å²) in [5.41, 5.74) is 12.7. The van der Waals surface area contributed by atoms with Crippen molar-refractivity contribution in [1.29, 1.82) is 0 Å². The van der Waals surface area contributed by atoms with Crippen LogP contribution in [0.4, 0.5) is 11.4 Å². The Bertz CT molecular complexity index is 568. The maximum absolute atomic E-state index is 12.2. The second-order valence-electron chi connectivity index (χ2n) is 6.68. The van der Waals surface area contributed by atoms with Gasteiger partial charge in [-0.05, 0) is 44.4 Å². The van der Waals surface area contributed by atoms with Crippen LogP contribution in [-0.2, 0) is 9.59 Å². The highest BCUT2D eigenvalue weighted by Crippen LogP contribution is 2.29. The number of anilines is 2. The van der Waals surface area contributed by atoms with Crippen molar-refractivity contribution in [2.24, 2.45) is 17.4 Å². The van der Waals surface area contributed by atoms with Crippen molar-refractivity contribution in [1.82, 2.24) is 0 Å². The van der Waals surface area contributed by atoms with E-state index < -0.39 is 0 Å². The topological polar surface area (TPSA) is 101 Å². The maximum atomic E-state index is 12.2. The summed E-state index contributed by atoms with van der Waals surface area (Å²) >= 11 is 0. The molecule has 25 heavy (non-hydrogen) atoms. The molecule has 138 valence electrons. The molecular weight excluding hydrogens is 316 g/mol. The molecule has 0 aliphatic carbocycles. The third-order valence-corrected chi connectivity index (χ3v) is 4.77. The van der Waals surface area contributed by atoms with Crippen molar-refractivity contribution in [3.05, 3.63) is 24.3 Å². The van der Waals surface area contributed by atoms with Gasteiger partial charge in [-0.3, -0.25) is 9.59 Å². The molecule has 0 atom stereocenters. The van der Waals surface area contributed by atoms with Gasteiger partial charge in [-0.2, -0.15) is 0 Å². The van der Waals surface area contributed by atoms with Gasteiger partial charge in [0.25, 0.3) is 0 Å². The minimum absolute atomic E-state index is 0.0356. The summed E-state index contributed by atoms with van der Waals surface area (Å²) in [6.45, 7) is 2.27. The van der Waals surface area contributed by atoms with Gasteiger partial charge in [-0.25, -0.2) is 0 Å². The van der Waals surface area contributed by atoms with Crippen LogP contribution in [0.1, 0.15) is 44.9 Å². The molecule has 2 rings (SSSR count). The van der Waals surface area contributed by atoms with E-state index in [1.54, 1.807) is 0 Å². The quantitative estimate of drug-likeness (QED) is 0.597. The fourth-order valence-electron chi connectivity index (χ4n) is 3.26. The highest BCUT2D eigenvalue weighted by Gasteiger charge is 2.24. The number of nitrogens with one attached hydrogen (secondary N) is 1. The first-order valence-electron chi connectivity index (χ1n) is 9.25. The van der Waals surface area contributed by atoms with Crippen LogP contribution in [0.2, 0.25) is 0 Å². The van der Waals surface area contributed by atoms with Crippen LogP contribution < -0.4 is 21.7 Å². The molecule has 6 nitrogen and oxygen atoms in total. The van der Waals surface area contributed by atoms with Gasteiger partial charge in [-0.15, -0.1) is 0 Å². The molecule has 2 amide bonds. The average molecular weight is 346 g/mol. The van der Waals surface area contributed by atoms with Gasteiger partial charge in [0.15, 0.2) is 0 Å². The number of carbonyl (C=O) groups excluding carboxylic acids is 2. The second-order valence-corrected chi connectivity index (χ2v) is 6.68. The number of rotatable bonds is 9. The zero-order chi connectivity index (χ0) is 18.1. The van der Waals surface area contributed by atoms with Gasteiger partial charge in [0.2, 0.25) is 11.8 Å². The molecule has 1 heterocycles. The monoisotopic (exact) mass is 346 g/mol. The first kappa shape index (κ1) is 19.2. The number of carbonyl (C=O) groups is 2. The number of primary amides is 1. The summed E-state index contributed by atoms with van der Waals surface area (Å²) < 4.78 is 0. The molecule has 1 aromatic rings. The first-order chi connectivity index (χ1) is 12.1. The predicted molar refractivity (Wildman–Crippen MR) is 101 cm³/mol. The van der Waals surface area contributed by atoms with E-state index >= 15 is 0 Å². The number of para-hydroxylation sites is 2. The van der Waals surface area contributed by atoms with Crippen LogP contribution >= 0.6 is 0 Å².